The van der Waals surface area contributed by atoms with Gasteiger partial charge in [0.25, 0.3) is 0 Å². The van der Waals surface area contributed by atoms with E-state index in [4.69, 9.17) is 21.6 Å². The third-order valence-corrected chi connectivity index (χ3v) is 4.69. The average molecular weight is 399 g/mol. The fourth-order valence-electron chi connectivity index (χ4n) is 3.16. The van der Waals surface area contributed by atoms with Crippen LogP contribution in [-0.4, -0.2) is 12.4 Å². The van der Waals surface area contributed by atoms with Crippen molar-refractivity contribution in [2.45, 2.75) is 25.2 Å². The first kappa shape index (κ1) is 17.1. The van der Waals surface area contributed by atoms with E-state index in [0.29, 0.717) is 41.9 Å². The maximum absolute atomic E-state index is 12.6. The second-order valence-electron chi connectivity index (χ2n) is 5.71. The minimum absolute atomic E-state index is 0.0313. The fraction of sp³-hybridized carbons (Fsp3) is 0.263. The summed E-state index contributed by atoms with van der Waals surface area (Å²) in [6.07, 6.45) is 7.04. The number of terminal acetylenes is 1. The molecule has 0 fully saturated rings. The number of nitrogens with zero attached hydrogens (tertiary/aromatic N) is 1. The molecule has 0 saturated heterocycles. The first-order valence-corrected chi connectivity index (χ1v) is 8.55. The number of carbonyl (C=O) groups is 1. The summed E-state index contributed by atoms with van der Waals surface area (Å²) in [6.45, 7) is 0.0821. The van der Waals surface area contributed by atoms with Crippen molar-refractivity contribution in [2.24, 2.45) is 5.73 Å². The summed E-state index contributed by atoms with van der Waals surface area (Å²) in [5, 5.41) is 9.62. The minimum atomic E-state index is -0.619. The molecule has 2 aliphatic rings. The Labute approximate surface area is 154 Å². The maximum atomic E-state index is 12.6. The third kappa shape index (κ3) is 3.14. The third-order valence-electron chi connectivity index (χ3n) is 4.20. The number of allylic oxidation sites excluding steroid dienone is 3. The van der Waals surface area contributed by atoms with Crippen molar-refractivity contribution in [1.82, 2.24) is 0 Å². The number of hydrogen-bond acceptors (Lipinski definition) is 5. The van der Waals surface area contributed by atoms with Crippen LogP contribution in [0.1, 0.15) is 30.7 Å². The highest BCUT2D eigenvalue weighted by atomic mass is 79.9. The zero-order valence-electron chi connectivity index (χ0n) is 13.3. The number of rotatable bonds is 3. The molecule has 6 heteroatoms. The van der Waals surface area contributed by atoms with Crippen LogP contribution in [0.5, 0.6) is 5.75 Å². The van der Waals surface area contributed by atoms with E-state index in [9.17, 15) is 10.1 Å². The molecular weight excluding hydrogens is 384 g/mol. The Bertz CT molecular complexity index is 887. The number of benzene rings is 1. The molecule has 1 aliphatic carbocycles. The summed E-state index contributed by atoms with van der Waals surface area (Å²) >= 11 is 3.43. The monoisotopic (exact) mass is 398 g/mol. The van der Waals surface area contributed by atoms with E-state index in [2.05, 4.69) is 27.9 Å². The molecule has 126 valence electrons. The van der Waals surface area contributed by atoms with Crippen LogP contribution in [0, 0.1) is 23.7 Å². The molecule has 0 spiro atoms. The number of ketones is 1. The molecule has 1 heterocycles. The molecule has 5 nitrogen and oxygen atoms in total. The van der Waals surface area contributed by atoms with E-state index in [0.717, 1.165) is 4.47 Å². The van der Waals surface area contributed by atoms with Gasteiger partial charge >= 0.3 is 0 Å². The molecule has 2 N–H and O–H groups in total. The van der Waals surface area contributed by atoms with Gasteiger partial charge in [-0.25, -0.2) is 0 Å². The SMILES string of the molecule is C#CCOc1ccc(Br)cc1C1C(C#N)=C(N)OC2=C1C(=O)CCC2. The van der Waals surface area contributed by atoms with E-state index in [-0.39, 0.29) is 23.8 Å². The van der Waals surface area contributed by atoms with Gasteiger partial charge in [-0.05, 0) is 24.6 Å². The van der Waals surface area contributed by atoms with Crippen LogP contribution in [0.15, 0.2) is 45.5 Å². The van der Waals surface area contributed by atoms with Crippen LogP contribution in [-0.2, 0) is 9.53 Å². The fourth-order valence-corrected chi connectivity index (χ4v) is 3.54. The van der Waals surface area contributed by atoms with Gasteiger partial charge in [0.2, 0.25) is 5.88 Å². The molecule has 1 aromatic carbocycles. The van der Waals surface area contributed by atoms with E-state index < -0.39 is 5.92 Å². The van der Waals surface area contributed by atoms with Crippen molar-refractivity contribution in [3.8, 4) is 24.2 Å². The van der Waals surface area contributed by atoms with Gasteiger partial charge in [0.05, 0.1) is 5.92 Å². The molecule has 0 saturated carbocycles. The molecule has 25 heavy (non-hydrogen) atoms. The largest absolute Gasteiger partial charge is 0.481 e. The number of Topliss-reactive ketones (excluding diaryl/α,β-unsaturated/α-hetero) is 1. The Morgan fingerprint density at radius 3 is 2.96 bits per heavy atom. The van der Waals surface area contributed by atoms with Crippen molar-refractivity contribution in [2.75, 3.05) is 6.61 Å². The van der Waals surface area contributed by atoms with E-state index in [1.54, 1.807) is 6.07 Å². The lowest BCUT2D eigenvalue weighted by molar-refractivity contribution is -0.116. The lowest BCUT2D eigenvalue weighted by atomic mass is 9.77. The molecule has 0 aromatic heterocycles. The molecule has 0 radical (unpaired) electrons. The summed E-state index contributed by atoms with van der Waals surface area (Å²) < 4.78 is 12.0. The summed E-state index contributed by atoms with van der Waals surface area (Å²) in [7, 11) is 0. The summed E-state index contributed by atoms with van der Waals surface area (Å²) in [5.74, 6) is 2.86. The zero-order valence-corrected chi connectivity index (χ0v) is 14.9. The smallest absolute Gasteiger partial charge is 0.205 e. The summed E-state index contributed by atoms with van der Waals surface area (Å²) in [4.78, 5) is 12.6. The number of hydrogen-bond donors (Lipinski definition) is 1. The number of nitrogens with two attached hydrogens (primary N) is 1. The quantitative estimate of drug-likeness (QED) is 0.789. The maximum Gasteiger partial charge on any atom is 0.205 e. The molecule has 0 amide bonds. The van der Waals surface area contributed by atoms with Gasteiger partial charge < -0.3 is 15.2 Å². The zero-order chi connectivity index (χ0) is 18.0. The Morgan fingerprint density at radius 1 is 1.44 bits per heavy atom. The number of ether oxygens (including phenoxy) is 2. The Hall–Kier alpha value is -2.70. The van der Waals surface area contributed by atoms with Gasteiger partial charge in [0, 0.05) is 28.5 Å². The van der Waals surface area contributed by atoms with E-state index in [1.807, 2.05) is 12.1 Å². The normalized spacial score (nSPS) is 19.6. The topological polar surface area (TPSA) is 85.3 Å². The van der Waals surface area contributed by atoms with Gasteiger partial charge in [-0.3, -0.25) is 4.79 Å². The second-order valence-corrected chi connectivity index (χ2v) is 6.63. The van der Waals surface area contributed by atoms with Crippen LogP contribution in [0.3, 0.4) is 0 Å². The minimum Gasteiger partial charge on any atom is -0.481 e. The molecule has 0 bridgehead atoms. The standard InChI is InChI=1S/C19H15BrN2O3/c1-2-8-24-15-7-6-11(20)9-12(15)17-13(10-21)19(22)25-16-5-3-4-14(23)18(16)17/h1,6-7,9,17H,3-5,8,22H2. The molecule has 1 aromatic rings. The molecular formula is C19H15BrN2O3. The number of carbonyl (C=O) groups excluding carboxylic acids is 1. The number of nitriles is 1. The highest BCUT2D eigenvalue weighted by Crippen LogP contribution is 2.46. The van der Waals surface area contributed by atoms with Crippen LogP contribution in [0.25, 0.3) is 0 Å². The van der Waals surface area contributed by atoms with Gasteiger partial charge in [0.1, 0.15) is 29.8 Å². The highest BCUT2D eigenvalue weighted by Gasteiger charge is 2.39. The predicted octanol–water partition coefficient (Wildman–Crippen LogP) is 3.28. The molecule has 1 unspecified atom stereocenters. The predicted molar refractivity (Wildman–Crippen MR) is 95.0 cm³/mol. The molecule has 1 aliphatic heterocycles. The Kier molecular flexibility index (Phi) is 4.83. The van der Waals surface area contributed by atoms with Crippen molar-refractivity contribution < 1.29 is 14.3 Å². The average Bonchev–Trinajstić information content (AvgIpc) is 2.59. The highest BCUT2D eigenvalue weighted by molar-refractivity contribution is 9.10. The van der Waals surface area contributed by atoms with Crippen LogP contribution < -0.4 is 10.5 Å². The van der Waals surface area contributed by atoms with Crippen molar-refractivity contribution >= 4 is 21.7 Å². The van der Waals surface area contributed by atoms with E-state index in [1.165, 1.54) is 0 Å². The van der Waals surface area contributed by atoms with E-state index >= 15 is 0 Å². The second kappa shape index (κ2) is 7.04. The summed E-state index contributed by atoms with van der Waals surface area (Å²) in [6, 6.07) is 7.48. The van der Waals surface area contributed by atoms with Gasteiger partial charge in [-0.15, -0.1) is 6.42 Å². The van der Waals surface area contributed by atoms with Crippen LogP contribution in [0.4, 0.5) is 0 Å². The van der Waals surface area contributed by atoms with Crippen LogP contribution in [0.2, 0.25) is 0 Å². The van der Waals surface area contributed by atoms with Crippen LogP contribution >= 0.6 is 15.9 Å². The number of halogens is 1. The Morgan fingerprint density at radius 2 is 2.24 bits per heavy atom. The Balaban J connectivity index is 2.21. The lowest BCUT2D eigenvalue weighted by Crippen LogP contribution is -2.27. The lowest BCUT2D eigenvalue weighted by Gasteiger charge is -2.31. The first-order valence-electron chi connectivity index (χ1n) is 7.76. The van der Waals surface area contributed by atoms with Crippen molar-refractivity contribution in [1.29, 1.82) is 5.26 Å². The van der Waals surface area contributed by atoms with Crippen molar-refractivity contribution in [3.05, 3.63) is 51.0 Å². The summed E-state index contributed by atoms with van der Waals surface area (Å²) in [5.41, 5.74) is 7.32. The van der Waals surface area contributed by atoms with Gasteiger partial charge in [0.15, 0.2) is 5.78 Å². The molecule has 1 atom stereocenters. The van der Waals surface area contributed by atoms with Crippen molar-refractivity contribution in [3.63, 3.8) is 0 Å². The van der Waals surface area contributed by atoms with Gasteiger partial charge in [-0.1, -0.05) is 21.9 Å². The molecule has 3 rings (SSSR count). The van der Waals surface area contributed by atoms with Gasteiger partial charge in [-0.2, -0.15) is 5.26 Å². The first-order chi connectivity index (χ1) is 12.1.